The van der Waals surface area contributed by atoms with Gasteiger partial charge < -0.3 is 0 Å². The SMILES string of the molecule is CCCCP(CCCC)Cc1cccc(CNF)n1. The highest BCUT2D eigenvalue weighted by molar-refractivity contribution is 7.56. The molecule has 19 heavy (non-hydrogen) atoms. The second kappa shape index (κ2) is 10.3. The van der Waals surface area contributed by atoms with E-state index in [1.165, 1.54) is 38.0 Å². The number of pyridine rings is 1. The number of nitrogens with zero attached hydrogens (tertiary/aromatic N) is 1. The number of halogens is 1. The van der Waals surface area contributed by atoms with Gasteiger partial charge in [0.05, 0.1) is 12.2 Å². The maximum absolute atomic E-state index is 12.1. The number of aromatic nitrogens is 1. The average molecular weight is 284 g/mol. The van der Waals surface area contributed by atoms with Gasteiger partial charge in [-0.15, -0.1) is 12.4 Å². The first-order valence-corrected chi connectivity index (χ1v) is 9.20. The Hall–Kier alpha value is -0.530. The molecule has 0 amide bonds. The van der Waals surface area contributed by atoms with Gasteiger partial charge in [0.25, 0.3) is 0 Å². The Kier molecular flexibility index (Phi) is 8.94. The van der Waals surface area contributed by atoms with E-state index in [1.54, 1.807) is 5.54 Å². The Bertz CT molecular complexity index is 339. The van der Waals surface area contributed by atoms with Crippen LogP contribution >= 0.6 is 7.92 Å². The molecule has 1 heterocycles. The molecule has 1 N–H and O–H groups in total. The summed E-state index contributed by atoms with van der Waals surface area (Å²) in [5, 5.41) is 0. The molecule has 0 radical (unpaired) electrons. The predicted octanol–water partition coefficient (Wildman–Crippen LogP) is 4.64. The van der Waals surface area contributed by atoms with Gasteiger partial charge in [-0.05, 0) is 37.3 Å². The second-order valence-corrected chi connectivity index (χ2v) is 7.47. The van der Waals surface area contributed by atoms with Gasteiger partial charge in [-0.25, -0.2) is 0 Å². The lowest BCUT2D eigenvalue weighted by Crippen LogP contribution is -2.04. The molecule has 0 saturated heterocycles. The Morgan fingerprint density at radius 2 is 1.74 bits per heavy atom. The minimum atomic E-state index is 0.0530. The third kappa shape index (κ3) is 6.98. The molecule has 0 aliphatic rings. The van der Waals surface area contributed by atoms with Crippen molar-refractivity contribution in [3.8, 4) is 0 Å². The topological polar surface area (TPSA) is 24.9 Å². The summed E-state index contributed by atoms with van der Waals surface area (Å²) in [6.07, 6.45) is 8.96. The van der Waals surface area contributed by atoms with Gasteiger partial charge in [-0.3, -0.25) is 4.98 Å². The summed E-state index contributed by atoms with van der Waals surface area (Å²) in [6, 6.07) is 5.94. The molecule has 0 spiro atoms. The normalized spacial score (nSPS) is 11.2. The van der Waals surface area contributed by atoms with Crippen molar-refractivity contribution in [2.24, 2.45) is 0 Å². The van der Waals surface area contributed by atoms with E-state index in [1.807, 2.05) is 12.1 Å². The molecule has 0 aromatic carbocycles. The van der Waals surface area contributed by atoms with E-state index in [0.717, 1.165) is 17.5 Å². The molecule has 2 nitrogen and oxygen atoms in total. The van der Waals surface area contributed by atoms with Crippen LogP contribution in [0.25, 0.3) is 0 Å². The molecule has 108 valence electrons. The third-order valence-electron chi connectivity index (χ3n) is 3.15. The third-order valence-corrected chi connectivity index (χ3v) is 5.82. The molecule has 0 fully saturated rings. The Balaban J connectivity index is 2.57. The summed E-state index contributed by atoms with van der Waals surface area (Å²) in [5.41, 5.74) is 3.60. The fourth-order valence-corrected chi connectivity index (χ4v) is 4.75. The number of hydrogen-bond acceptors (Lipinski definition) is 2. The van der Waals surface area contributed by atoms with E-state index in [0.29, 0.717) is 0 Å². The summed E-state index contributed by atoms with van der Waals surface area (Å²) in [6.45, 7) is 4.70. The van der Waals surface area contributed by atoms with Gasteiger partial charge in [0.2, 0.25) is 0 Å². The number of rotatable bonds is 10. The lowest BCUT2D eigenvalue weighted by Gasteiger charge is -2.17. The minimum absolute atomic E-state index is 0.0530. The van der Waals surface area contributed by atoms with Gasteiger partial charge in [0.1, 0.15) is 0 Å². The first-order valence-electron chi connectivity index (χ1n) is 7.30. The van der Waals surface area contributed by atoms with Crippen molar-refractivity contribution in [3.05, 3.63) is 29.6 Å². The zero-order valence-electron chi connectivity index (χ0n) is 12.2. The molecule has 0 aliphatic carbocycles. The van der Waals surface area contributed by atoms with Crippen LogP contribution in [-0.4, -0.2) is 17.3 Å². The van der Waals surface area contributed by atoms with Crippen molar-refractivity contribution < 1.29 is 4.48 Å². The van der Waals surface area contributed by atoms with Crippen molar-refractivity contribution in [2.75, 3.05) is 12.3 Å². The van der Waals surface area contributed by atoms with Crippen LogP contribution in [0.15, 0.2) is 18.2 Å². The standard InChI is InChI=1S/C15H26FN2P/c1-3-5-10-19(11-6-4-2)13-15-9-7-8-14(18-15)12-17-16/h7-9,17H,3-6,10-13H2,1-2H3. The fourth-order valence-electron chi connectivity index (χ4n) is 2.05. The lowest BCUT2D eigenvalue weighted by molar-refractivity contribution is 0.327. The summed E-state index contributed by atoms with van der Waals surface area (Å²) < 4.78 is 12.1. The van der Waals surface area contributed by atoms with E-state index >= 15 is 0 Å². The van der Waals surface area contributed by atoms with Crippen LogP contribution in [0.5, 0.6) is 0 Å². The van der Waals surface area contributed by atoms with E-state index in [4.69, 9.17) is 0 Å². The van der Waals surface area contributed by atoms with Crippen LogP contribution in [0.2, 0.25) is 0 Å². The van der Waals surface area contributed by atoms with Crippen molar-refractivity contribution in [2.45, 2.75) is 52.2 Å². The number of hydrogen-bond donors (Lipinski definition) is 1. The van der Waals surface area contributed by atoms with E-state index < -0.39 is 0 Å². The van der Waals surface area contributed by atoms with Crippen LogP contribution in [0.3, 0.4) is 0 Å². The first kappa shape index (κ1) is 16.5. The molecule has 1 aromatic heterocycles. The molecule has 1 aromatic rings. The minimum Gasteiger partial charge on any atom is -0.256 e. The quantitative estimate of drug-likeness (QED) is 0.500. The monoisotopic (exact) mass is 284 g/mol. The van der Waals surface area contributed by atoms with Crippen molar-refractivity contribution >= 4 is 7.92 Å². The van der Waals surface area contributed by atoms with Crippen LogP contribution in [0, 0.1) is 0 Å². The van der Waals surface area contributed by atoms with Gasteiger partial charge in [0.15, 0.2) is 0 Å². The van der Waals surface area contributed by atoms with Crippen LogP contribution in [-0.2, 0) is 12.7 Å². The highest BCUT2D eigenvalue weighted by Gasteiger charge is 2.09. The Morgan fingerprint density at radius 3 is 2.32 bits per heavy atom. The zero-order valence-corrected chi connectivity index (χ0v) is 13.1. The molecule has 0 unspecified atom stereocenters. The average Bonchev–Trinajstić information content (AvgIpc) is 2.42. The van der Waals surface area contributed by atoms with Crippen molar-refractivity contribution in [3.63, 3.8) is 0 Å². The largest absolute Gasteiger partial charge is 0.256 e. The van der Waals surface area contributed by atoms with Gasteiger partial charge >= 0.3 is 0 Å². The highest BCUT2D eigenvalue weighted by Crippen LogP contribution is 2.41. The number of nitrogens with one attached hydrogen (secondary N) is 1. The van der Waals surface area contributed by atoms with Crippen molar-refractivity contribution in [1.82, 2.24) is 10.5 Å². The Labute approximate surface area is 117 Å². The van der Waals surface area contributed by atoms with Gasteiger partial charge in [0, 0.05) is 11.9 Å². The van der Waals surface area contributed by atoms with Crippen LogP contribution in [0.4, 0.5) is 4.48 Å². The van der Waals surface area contributed by atoms with Gasteiger partial charge in [-0.1, -0.05) is 32.8 Å². The molecule has 0 saturated carbocycles. The lowest BCUT2D eigenvalue weighted by atomic mass is 10.3. The fraction of sp³-hybridized carbons (Fsp3) is 0.667. The van der Waals surface area contributed by atoms with Crippen LogP contribution < -0.4 is 5.54 Å². The van der Waals surface area contributed by atoms with Crippen molar-refractivity contribution in [1.29, 1.82) is 0 Å². The second-order valence-electron chi connectivity index (χ2n) is 4.91. The predicted molar refractivity (Wildman–Crippen MR) is 82.4 cm³/mol. The first-order chi connectivity index (χ1) is 9.30. The van der Waals surface area contributed by atoms with E-state index in [9.17, 15) is 4.48 Å². The smallest absolute Gasteiger partial charge is 0.0683 e. The molecule has 0 bridgehead atoms. The molecule has 0 aliphatic heterocycles. The maximum atomic E-state index is 12.1. The summed E-state index contributed by atoms with van der Waals surface area (Å²) in [4.78, 5) is 4.53. The molecular formula is C15H26FN2P. The zero-order chi connectivity index (χ0) is 13.9. The maximum Gasteiger partial charge on any atom is 0.0683 e. The summed E-state index contributed by atoms with van der Waals surface area (Å²) in [7, 11) is 0.0530. The molecule has 1 rings (SSSR count). The summed E-state index contributed by atoms with van der Waals surface area (Å²) in [5.74, 6) is 0. The van der Waals surface area contributed by atoms with E-state index in [-0.39, 0.29) is 14.5 Å². The highest BCUT2D eigenvalue weighted by atomic mass is 31.1. The molecular weight excluding hydrogens is 258 g/mol. The van der Waals surface area contributed by atoms with E-state index in [2.05, 4.69) is 24.9 Å². The van der Waals surface area contributed by atoms with Gasteiger partial charge in [-0.2, -0.15) is 5.54 Å². The molecule has 0 atom stereocenters. The summed E-state index contributed by atoms with van der Waals surface area (Å²) >= 11 is 0. The Morgan fingerprint density at radius 1 is 1.11 bits per heavy atom. The molecule has 4 heteroatoms. The number of unbranched alkanes of at least 4 members (excludes halogenated alkanes) is 2. The van der Waals surface area contributed by atoms with Crippen LogP contribution in [0.1, 0.15) is 50.9 Å².